The van der Waals surface area contributed by atoms with Crippen LogP contribution in [-0.4, -0.2) is 91.1 Å². The molecule has 3 aliphatic heterocycles. The van der Waals surface area contributed by atoms with Crippen LogP contribution in [0.15, 0.2) is 42.5 Å². The van der Waals surface area contributed by atoms with Crippen LogP contribution >= 0.6 is 0 Å². The first-order valence-corrected chi connectivity index (χ1v) is 12.7. The molecular weight excluding hydrogens is 474 g/mol. The maximum Gasteiger partial charge on any atom is 0.243 e. The van der Waals surface area contributed by atoms with Crippen molar-refractivity contribution in [3.8, 4) is 11.5 Å². The second kappa shape index (κ2) is 11.2. The molecule has 0 saturated carbocycles. The van der Waals surface area contributed by atoms with Gasteiger partial charge < -0.3 is 25.0 Å². The molecule has 3 aliphatic rings. The Bertz CT molecular complexity index is 1160. The molecule has 2 N–H and O–H groups in total. The Kier molecular flexibility index (Phi) is 7.57. The molecule has 3 heterocycles. The van der Waals surface area contributed by atoms with E-state index in [1.165, 1.54) is 5.56 Å². The van der Waals surface area contributed by atoms with Gasteiger partial charge in [0.2, 0.25) is 24.5 Å². The van der Waals surface area contributed by atoms with Gasteiger partial charge in [-0.05, 0) is 36.2 Å². The molecule has 10 nitrogen and oxygen atoms in total. The van der Waals surface area contributed by atoms with Gasteiger partial charge >= 0.3 is 0 Å². The van der Waals surface area contributed by atoms with Crippen LogP contribution in [0, 0.1) is 6.92 Å². The number of nitrogens with one attached hydrogen (secondary N) is 2. The van der Waals surface area contributed by atoms with Crippen LogP contribution in [0.4, 0.5) is 5.69 Å². The van der Waals surface area contributed by atoms with Crippen LogP contribution in [0.5, 0.6) is 11.5 Å². The van der Waals surface area contributed by atoms with Crippen LogP contribution in [0.2, 0.25) is 0 Å². The molecule has 2 aromatic rings. The van der Waals surface area contributed by atoms with Crippen molar-refractivity contribution in [1.29, 1.82) is 0 Å². The van der Waals surface area contributed by atoms with Gasteiger partial charge in [0.1, 0.15) is 6.04 Å². The van der Waals surface area contributed by atoms with Crippen LogP contribution in [-0.2, 0) is 20.9 Å². The number of hydrogen-bond donors (Lipinski definition) is 2. The molecule has 2 saturated heterocycles. The third-order valence-corrected chi connectivity index (χ3v) is 7.12. The van der Waals surface area contributed by atoms with Crippen molar-refractivity contribution >= 4 is 23.4 Å². The highest BCUT2D eigenvalue weighted by Crippen LogP contribution is 2.32. The largest absolute Gasteiger partial charge is 0.454 e. The fourth-order valence-corrected chi connectivity index (χ4v) is 4.99. The lowest BCUT2D eigenvalue weighted by molar-refractivity contribution is -0.145. The zero-order valence-electron chi connectivity index (χ0n) is 21.1. The number of aryl methyl sites for hydroxylation is 1. The number of para-hydroxylation sites is 1. The van der Waals surface area contributed by atoms with Gasteiger partial charge in [-0.3, -0.25) is 24.2 Å². The minimum absolute atomic E-state index is 0.0742. The summed E-state index contributed by atoms with van der Waals surface area (Å²) in [6, 6.07) is 12.7. The van der Waals surface area contributed by atoms with E-state index in [9.17, 15) is 14.4 Å². The molecule has 1 unspecified atom stereocenters. The number of nitrogens with zero attached hydrogens (tertiary/aromatic N) is 3. The normalized spacial score (nSPS) is 20.0. The summed E-state index contributed by atoms with van der Waals surface area (Å²) in [5.41, 5.74) is 2.81. The summed E-state index contributed by atoms with van der Waals surface area (Å²) in [7, 11) is 0. The van der Waals surface area contributed by atoms with Gasteiger partial charge in [-0.25, -0.2) is 0 Å². The molecule has 196 valence electrons. The van der Waals surface area contributed by atoms with Crippen molar-refractivity contribution in [3.05, 3.63) is 53.6 Å². The molecule has 37 heavy (non-hydrogen) atoms. The maximum atomic E-state index is 13.2. The lowest BCUT2D eigenvalue weighted by Gasteiger charge is -2.38. The van der Waals surface area contributed by atoms with Crippen LogP contribution in [0.25, 0.3) is 0 Å². The smallest absolute Gasteiger partial charge is 0.243 e. The third-order valence-electron chi connectivity index (χ3n) is 7.12. The molecule has 0 aromatic heterocycles. The van der Waals surface area contributed by atoms with E-state index in [0.29, 0.717) is 18.8 Å². The topological polar surface area (TPSA) is 103 Å². The average molecular weight is 508 g/mol. The number of rotatable bonds is 7. The fourth-order valence-electron chi connectivity index (χ4n) is 4.99. The highest BCUT2D eigenvalue weighted by molar-refractivity contribution is 5.98. The first kappa shape index (κ1) is 25.0. The predicted molar refractivity (Wildman–Crippen MR) is 137 cm³/mol. The molecule has 0 aliphatic carbocycles. The van der Waals surface area contributed by atoms with Gasteiger partial charge in [-0.1, -0.05) is 24.3 Å². The Balaban J connectivity index is 1.12. The zero-order valence-corrected chi connectivity index (χ0v) is 21.1. The monoisotopic (exact) mass is 507 g/mol. The van der Waals surface area contributed by atoms with E-state index in [1.807, 2.05) is 43.3 Å². The molecule has 0 bridgehead atoms. The number of carbonyl (C=O) groups excluding carboxylic acids is 3. The van der Waals surface area contributed by atoms with E-state index < -0.39 is 6.04 Å². The number of carbonyl (C=O) groups is 3. The maximum absolute atomic E-state index is 13.2. The van der Waals surface area contributed by atoms with Crippen molar-refractivity contribution in [1.82, 2.24) is 20.0 Å². The van der Waals surface area contributed by atoms with E-state index >= 15 is 0 Å². The molecule has 5 rings (SSSR count). The Morgan fingerprint density at radius 1 is 1.00 bits per heavy atom. The Hall–Kier alpha value is -3.63. The molecule has 0 radical (unpaired) electrons. The lowest BCUT2D eigenvalue weighted by Crippen LogP contribution is -2.60. The second-order valence-corrected chi connectivity index (χ2v) is 9.70. The molecule has 10 heteroatoms. The Morgan fingerprint density at radius 3 is 2.57 bits per heavy atom. The van der Waals surface area contributed by atoms with Gasteiger partial charge in [0, 0.05) is 51.5 Å². The number of amides is 3. The summed E-state index contributed by atoms with van der Waals surface area (Å²) in [5.74, 6) is 0.881. The highest BCUT2D eigenvalue weighted by atomic mass is 16.7. The minimum Gasteiger partial charge on any atom is -0.454 e. The SMILES string of the molecule is Cc1ccccc1NC(=O)CC1C(=O)NCCN1C(=O)CN1CCN(Cc2ccc3c(c2)OCO3)CC1. The summed E-state index contributed by atoms with van der Waals surface area (Å²) in [6.45, 7) is 7.21. The van der Waals surface area contributed by atoms with Crippen molar-refractivity contribution in [2.75, 3.05) is 57.9 Å². The van der Waals surface area contributed by atoms with Crippen molar-refractivity contribution in [2.45, 2.75) is 25.9 Å². The number of anilines is 1. The first-order chi connectivity index (χ1) is 18.0. The Morgan fingerprint density at radius 2 is 1.76 bits per heavy atom. The molecule has 1 atom stereocenters. The molecule has 3 amide bonds. The van der Waals surface area contributed by atoms with Crippen LogP contribution in [0.3, 0.4) is 0 Å². The molecular formula is C27H33N5O5. The van der Waals surface area contributed by atoms with Crippen molar-refractivity contribution in [2.24, 2.45) is 0 Å². The Labute approximate surface area is 216 Å². The van der Waals surface area contributed by atoms with Crippen molar-refractivity contribution in [3.63, 3.8) is 0 Å². The van der Waals surface area contributed by atoms with E-state index in [-0.39, 0.29) is 37.5 Å². The highest BCUT2D eigenvalue weighted by Gasteiger charge is 2.35. The number of hydrogen-bond acceptors (Lipinski definition) is 7. The van der Waals surface area contributed by atoms with Gasteiger partial charge in [-0.15, -0.1) is 0 Å². The van der Waals surface area contributed by atoms with E-state index in [4.69, 9.17) is 9.47 Å². The molecule has 2 fully saturated rings. The number of piperazine rings is 2. The third kappa shape index (κ3) is 6.03. The van der Waals surface area contributed by atoms with E-state index in [2.05, 4.69) is 26.5 Å². The quantitative estimate of drug-likeness (QED) is 0.581. The number of benzene rings is 2. The van der Waals surface area contributed by atoms with Gasteiger partial charge in [0.05, 0.1) is 13.0 Å². The second-order valence-electron chi connectivity index (χ2n) is 9.70. The molecule has 2 aromatic carbocycles. The zero-order chi connectivity index (χ0) is 25.8. The summed E-state index contributed by atoms with van der Waals surface area (Å²) >= 11 is 0. The fraction of sp³-hybridized carbons (Fsp3) is 0.444. The summed E-state index contributed by atoms with van der Waals surface area (Å²) in [6.07, 6.45) is -0.0742. The average Bonchev–Trinajstić information content (AvgIpc) is 3.36. The van der Waals surface area contributed by atoms with Gasteiger partial charge in [0.15, 0.2) is 11.5 Å². The summed E-state index contributed by atoms with van der Waals surface area (Å²) < 4.78 is 10.9. The van der Waals surface area contributed by atoms with Gasteiger partial charge in [0.25, 0.3) is 0 Å². The van der Waals surface area contributed by atoms with Crippen molar-refractivity contribution < 1.29 is 23.9 Å². The number of ether oxygens (including phenoxy) is 2. The first-order valence-electron chi connectivity index (χ1n) is 12.7. The molecule has 0 spiro atoms. The summed E-state index contributed by atoms with van der Waals surface area (Å²) in [5, 5.41) is 5.67. The van der Waals surface area contributed by atoms with E-state index in [0.717, 1.165) is 49.8 Å². The summed E-state index contributed by atoms with van der Waals surface area (Å²) in [4.78, 5) is 44.6. The standard InChI is InChI=1S/C27H33N5O5/c1-19-4-2-3-5-21(19)29-25(33)15-22-27(35)28-8-9-32(22)26(34)17-31-12-10-30(11-13-31)16-20-6-7-23-24(14-20)37-18-36-23/h2-7,14,22H,8-13,15-18H2,1H3,(H,28,35)(H,29,33). The van der Waals surface area contributed by atoms with Crippen LogP contribution < -0.4 is 20.1 Å². The van der Waals surface area contributed by atoms with Gasteiger partial charge in [-0.2, -0.15) is 0 Å². The van der Waals surface area contributed by atoms with Crippen LogP contribution in [0.1, 0.15) is 17.5 Å². The van der Waals surface area contributed by atoms with E-state index in [1.54, 1.807) is 4.90 Å². The predicted octanol–water partition coefficient (Wildman–Crippen LogP) is 1.20. The number of fused-ring (bicyclic) bond motifs is 1. The minimum atomic E-state index is -0.808. The lowest BCUT2D eigenvalue weighted by atomic mass is 10.1.